The number of nitrogens with zero attached hydrogens (tertiary/aromatic N) is 1. The molecule has 0 aliphatic carbocycles. The monoisotopic (exact) mass is 370 g/mol. The second-order valence-electron chi connectivity index (χ2n) is 7.06. The van der Waals surface area contributed by atoms with Gasteiger partial charge in [0, 0.05) is 19.6 Å². The summed E-state index contributed by atoms with van der Waals surface area (Å²) in [5, 5.41) is 2.83. The Morgan fingerprint density at radius 2 is 1.63 bits per heavy atom. The molecule has 5 heteroatoms. The van der Waals surface area contributed by atoms with Crippen molar-refractivity contribution in [1.82, 2.24) is 10.2 Å². The molecule has 27 heavy (non-hydrogen) atoms. The van der Waals surface area contributed by atoms with E-state index in [1.165, 1.54) is 12.1 Å². The van der Waals surface area contributed by atoms with Crippen molar-refractivity contribution in [1.29, 1.82) is 0 Å². The minimum atomic E-state index is -1.16. The van der Waals surface area contributed by atoms with E-state index in [1.807, 2.05) is 37.3 Å². The van der Waals surface area contributed by atoms with Gasteiger partial charge in [-0.3, -0.25) is 9.59 Å². The Labute approximate surface area is 160 Å². The molecule has 2 rings (SSSR count). The van der Waals surface area contributed by atoms with Crippen molar-refractivity contribution in [2.45, 2.75) is 33.7 Å². The maximum absolute atomic E-state index is 12.9. The van der Waals surface area contributed by atoms with Crippen molar-refractivity contribution >= 4 is 11.8 Å². The smallest absolute Gasteiger partial charge is 0.237 e. The average molecular weight is 370 g/mol. The van der Waals surface area contributed by atoms with Gasteiger partial charge in [-0.25, -0.2) is 4.39 Å². The van der Waals surface area contributed by atoms with E-state index in [2.05, 4.69) is 5.32 Å². The molecule has 0 unspecified atom stereocenters. The average Bonchev–Trinajstić information content (AvgIpc) is 2.67. The molecule has 0 atom stereocenters. The van der Waals surface area contributed by atoms with Gasteiger partial charge in [-0.2, -0.15) is 0 Å². The van der Waals surface area contributed by atoms with E-state index >= 15 is 0 Å². The van der Waals surface area contributed by atoms with Crippen LogP contribution >= 0.6 is 0 Å². The van der Waals surface area contributed by atoms with E-state index in [0.29, 0.717) is 26.1 Å². The van der Waals surface area contributed by atoms with Gasteiger partial charge in [0.25, 0.3) is 0 Å². The summed E-state index contributed by atoms with van der Waals surface area (Å²) in [6.45, 7) is 6.60. The largest absolute Gasteiger partial charge is 0.355 e. The number of benzene rings is 2. The topological polar surface area (TPSA) is 49.4 Å². The van der Waals surface area contributed by atoms with Gasteiger partial charge in [0.1, 0.15) is 11.2 Å². The van der Waals surface area contributed by atoms with Crippen LogP contribution in [-0.2, 0) is 22.6 Å². The van der Waals surface area contributed by atoms with Crippen LogP contribution in [0.3, 0.4) is 0 Å². The maximum Gasteiger partial charge on any atom is 0.237 e. The summed E-state index contributed by atoms with van der Waals surface area (Å²) in [7, 11) is 0. The van der Waals surface area contributed by atoms with Crippen molar-refractivity contribution in [3.05, 3.63) is 71.5 Å². The zero-order chi connectivity index (χ0) is 19.9. The highest BCUT2D eigenvalue weighted by Crippen LogP contribution is 2.21. The van der Waals surface area contributed by atoms with Gasteiger partial charge >= 0.3 is 0 Å². The third kappa shape index (κ3) is 5.64. The van der Waals surface area contributed by atoms with E-state index in [1.54, 1.807) is 30.9 Å². The molecule has 0 saturated carbocycles. The van der Waals surface area contributed by atoms with Crippen LogP contribution in [0.1, 0.15) is 31.9 Å². The third-order valence-corrected chi connectivity index (χ3v) is 4.60. The van der Waals surface area contributed by atoms with Crippen LogP contribution in [0, 0.1) is 11.2 Å². The van der Waals surface area contributed by atoms with Crippen LogP contribution in [0.4, 0.5) is 4.39 Å². The first-order chi connectivity index (χ1) is 12.8. The zero-order valence-corrected chi connectivity index (χ0v) is 16.2. The fourth-order valence-electron chi connectivity index (χ4n) is 2.82. The Morgan fingerprint density at radius 3 is 2.22 bits per heavy atom. The number of hydrogen-bond acceptors (Lipinski definition) is 2. The molecule has 0 aliphatic rings. The van der Waals surface area contributed by atoms with Crippen LogP contribution in [-0.4, -0.2) is 29.8 Å². The first-order valence-corrected chi connectivity index (χ1v) is 9.20. The predicted octanol–water partition coefficient (Wildman–Crippen LogP) is 3.56. The zero-order valence-electron chi connectivity index (χ0n) is 16.2. The van der Waals surface area contributed by atoms with Crippen molar-refractivity contribution in [3.63, 3.8) is 0 Å². The second-order valence-corrected chi connectivity index (χ2v) is 7.06. The van der Waals surface area contributed by atoms with Crippen molar-refractivity contribution in [2.24, 2.45) is 5.41 Å². The third-order valence-electron chi connectivity index (χ3n) is 4.60. The fraction of sp³-hybridized carbons (Fsp3) is 0.364. The van der Waals surface area contributed by atoms with Gasteiger partial charge in [-0.1, -0.05) is 42.5 Å². The lowest BCUT2D eigenvalue weighted by Gasteiger charge is -2.30. The number of amides is 2. The first kappa shape index (κ1) is 20.6. The number of nitrogens with one attached hydrogen (secondary N) is 1. The highest BCUT2D eigenvalue weighted by molar-refractivity contribution is 6.04. The summed E-state index contributed by atoms with van der Waals surface area (Å²) in [4.78, 5) is 27.2. The maximum atomic E-state index is 12.9. The second kappa shape index (κ2) is 9.31. The molecule has 0 aromatic heterocycles. The predicted molar refractivity (Wildman–Crippen MR) is 104 cm³/mol. The molecule has 0 heterocycles. The molecule has 1 N–H and O–H groups in total. The van der Waals surface area contributed by atoms with E-state index in [0.717, 1.165) is 11.1 Å². The molecule has 4 nitrogen and oxygen atoms in total. The van der Waals surface area contributed by atoms with Gasteiger partial charge in [0.2, 0.25) is 11.8 Å². The molecule has 0 fully saturated rings. The van der Waals surface area contributed by atoms with Crippen LogP contribution in [0.2, 0.25) is 0 Å². The van der Waals surface area contributed by atoms with Crippen LogP contribution in [0.5, 0.6) is 0 Å². The van der Waals surface area contributed by atoms with Crippen molar-refractivity contribution < 1.29 is 14.0 Å². The molecule has 2 aromatic carbocycles. The summed E-state index contributed by atoms with van der Waals surface area (Å²) in [5.74, 6) is -0.790. The van der Waals surface area contributed by atoms with Gasteiger partial charge in [0.15, 0.2) is 0 Å². The molecule has 0 saturated heterocycles. The Kier molecular flexibility index (Phi) is 7.11. The Hall–Kier alpha value is -2.69. The van der Waals surface area contributed by atoms with Crippen LogP contribution < -0.4 is 5.32 Å². The first-order valence-electron chi connectivity index (χ1n) is 9.20. The number of rotatable bonds is 8. The molecule has 2 aromatic rings. The highest BCUT2D eigenvalue weighted by Gasteiger charge is 2.38. The summed E-state index contributed by atoms with van der Waals surface area (Å²) >= 11 is 0. The molecule has 2 amide bonds. The van der Waals surface area contributed by atoms with E-state index in [9.17, 15) is 14.0 Å². The number of carbonyl (C=O) groups excluding carboxylic acids is 2. The van der Waals surface area contributed by atoms with Gasteiger partial charge in [-0.05, 0) is 50.5 Å². The summed E-state index contributed by atoms with van der Waals surface area (Å²) in [6, 6.07) is 15.9. The molecular formula is C22H27FN2O2. The molecular weight excluding hydrogens is 343 g/mol. The normalized spacial score (nSPS) is 11.1. The fourth-order valence-corrected chi connectivity index (χ4v) is 2.82. The van der Waals surface area contributed by atoms with E-state index in [4.69, 9.17) is 0 Å². The molecule has 0 spiro atoms. The lowest BCUT2D eigenvalue weighted by molar-refractivity contribution is -0.148. The van der Waals surface area contributed by atoms with Crippen molar-refractivity contribution in [2.75, 3.05) is 13.1 Å². The van der Waals surface area contributed by atoms with Gasteiger partial charge in [0.05, 0.1) is 0 Å². The minimum absolute atomic E-state index is 0.201. The molecule has 0 aliphatic heterocycles. The van der Waals surface area contributed by atoms with Crippen LogP contribution in [0.15, 0.2) is 54.6 Å². The van der Waals surface area contributed by atoms with Gasteiger partial charge < -0.3 is 10.2 Å². The number of hydrogen-bond donors (Lipinski definition) is 1. The van der Waals surface area contributed by atoms with E-state index < -0.39 is 5.41 Å². The Morgan fingerprint density at radius 1 is 1.00 bits per heavy atom. The molecule has 0 radical (unpaired) electrons. The van der Waals surface area contributed by atoms with E-state index in [-0.39, 0.29) is 17.6 Å². The molecule has 0 bridgehead atoms. The standard InChI is InChI=1S/C22H27FN2O2/c1-4-25(16-18-8-6-5-7-9-18)21(27)22(2,3)20(26)24-15-14-17-10-12-19(23)13-11-17/h5-13H,4,14-16H2,1-3H3,(H,24,26). The summed E-state index contributed by atoms with van der Waals surface area (Å²) in [6.07, 6.45) is 0.581. The van der Waals surface area contributed by atoms with Gasteiger partial charge in [-0.15, -0.1) is 0 Å². The van der Waals surface area contributed by atoms with Crippen LogP contribution in [0.25, 0.3) is 0 Å². The minimum Gasteiger partial charge on any atom is -0.355 e. The number of carbonyl (C=O) groups is 2. The summed E-state index contributed by atoms with van der Waals surface area (Å²) in [5.41, 5.74) is 0.799. The SMILES string of the molecule is CCN(Cc1ccccc1)C(=O)C(C)(C)C(=O)NCCc1ccc(F)cc1. The Bertz CT molecular complexity index is 758. The highest BCUT2D eigenvalue weighted by atomic mass is 19.1. The number of halogens is 1. The Balaban J connectivity index is 1.94. The lowest BCUT2D eigenvalue weighted by Crippen LogP contribution is -2.49. The lowest BCUT2D eigenvalue weighted by atomic mass is 9.90. The molecule has 144 valence electrons. The quantitative estimate of drug-likeness (QED) is 0.723. The summed E-state index contributed by atoms with van der Waals surface area (Å²) < 4.78 is 12.9. The van der Waals surface area contributed by atoms with Crippen molar-refractivity contribution in [3.8, 4) is 0 Å².